The van der Waals surface area contributed by atoms with Crippen molar-refractivity contribution >= 4 is 39.0 Å². The van der Waals surface area contributed by atoms with E-state index in [2.05, 4.69) is 28.8 Å². The fourth-order valence-corrected chi connectivity index (χ4v) is 5.09. The van der Waals surface area contributed by atoms with Gasteiger partial charge in [0.15, 0.2) is 5.82 Å². The Morgan fingerprint density at radius 2 is 1.90 bits per heavy atom. The van der Waals surface area contributed by atoms with Crippen LogP contribution >= 0.6 is 22.9 Å². The van der Waals surface area contributed by atoms with Gasteiger partial charge < -0.3 is 0 Å². The van der Waals surface area contributed by atoms with Crippen molar-refractivity contribution < 1.29 is 12.6 Å². The van der Waals surface area contributed by atoms with Crippen molar-refractivity contribution in [3.8, 4) is 5.00 Å². The van der Waals surface area contributed by atoms with Gasteiger partial charge >= 0.3 is 10.3 Å². The van der Waals surface area contributed by atoms with E-state index in [0.29, 0.717) is 16.7 Å². The third-order valence-corrected chi connectivity index (χ3v) is 7.38. The fourth-order valence-electron chi connectivity index (χ4n) is 3.32. The van der Waals surface area contributed by atoms with Gasteiger partial charge in [0.25, 0.3) is 0 Å². The van der Waals surface area contributed by atoms with Crippen molar-refractivity contribution in [2.45, 2.75) is 26.8 Å². The molecule has 158 valence electrons. The second-order valence-electron chi connectivity index (χ2n) is 6.85. The lowest BCUT2D eigenvalue weighted by Crippen LogP contribution is -2.24. The van der Waals surface area contributed by atoms with E-state index < -0.39 is 16.3 Å². The highest BCUT2D eigenvalue weighted by atomic mass is 35.5. The molecule has 1 aromatic carbocycles. The molecule has 0 amide bonds. The predicted molar refractivity (Wildman–Crippen MR) is 117 cm³/mol. The van der Waals surface area contributed by atoms with Crippen LogP contribution in [-0.4, -0.2) is 42.5 Å². The van der Waals surface area contributed by atoms with Crippen LogP contribution in [0.4, 0.5) is 0 Å². The summed E-state index contributed by atoms with van der Waals surface area (Å²) in [7, 11) is -2.58. The van der Waals surface area contributed by atoms with Gasteiger partial charge in [0, 0.05) is 28.1 Å². The van der Waals surface area contributed by atoms with Gasteiger partial charge in [0.2, 0.25) is 0 Å². The van der Waals surface area contributed by atoms with Gasteiger partial charge in [-0.2, -0.15) is 13.1 Å². The van der Waals surface area contributed by atoms with Crippen molar-refractivity contribution in [2.75, 3.05) is 13.7 Å². The van der Waals surface area contributed by atoms with Crippen molar-refractivity contribution in [3.05, 3.63) is 62.5 Å². The van der Waals surface area contributed by atoms with E-state index >= 15 is 0 Å². The van der Waals surface area contributed by atoms with Gasteiger partial charge in [-0.25, -0.2) is 0 Å². The van der Waals surface area contributed by atoms with Gasteiger partial charge in [0.05, 0.1) is 12.3 Å². The van der Waals surface area contributed by atoms with Crippen LogP contribution in [0.2, 0.25) is 5.02 Å². The van der Waals surface area contributed by atoms with Gasteiger partial charge in [0.1, 0.15) is 16.9 Å². The summed E-state index contributed by atoms with van der Waals surface area (Å²) in [5.41, 5.74) is 3.69. The highest BCUT2D eigenvalue weighted by Gasteiger charge is 2.32. The number of aryl methyl sites for hydroxylation is 2. The summed E-state index contributed by atoms with van der Waals surface area (Å²) in [6.45, 7) is 5.77. The number of nitrogens with one attached hydrogen (secondary N) is 1. The SMILES string of the molecule is CNS(=O)(=O)OC[C@@H]1N=C(c2ccc(Cl)cc2)c2c(sc(C)c2C)-n2c(C)nnc21. The lowest BCUT2D eigenvalue weighted by Gasteiger charge is -2.13. The van der Waals surface area contributed by atoms with E-state index in [1.807, 2.05) is 23.6 Å². The number of fused-ring (bicyclic) bond motifs is 3. The lowest BCUT2D eigenvalue weighted by atomic mass is 10.00. The van der Waals surface area contributed by atoms with Gasteiger partial charge in [-0.05, 0) is 38.5 Å². The molecule has 0 fully saturated rings. The standard InChI is InChI=1S/C19H20ClN5O3S2/c1-10-11(2)29-19-16(10)17(13-5-7-14(20)8-6-13)22-15(9-28-30(26,27)21-4)18-24-23-12(3)25(18)19/h5-8,15,21H,9H2,1-4H3/t15-/m0/s1. The minimum Gasteiger partial charge on any atom is -0.271 e. The minimum absolute atomic E-state index is 0.203. The molecule has 1 aliphatic heterocycles. The van der Waals surface area contributed by atoms with Crippen LogP contribution in [0.15, 0.2) is 29.3 Å². The first-order chi connectivity index (χ1) is 14.2. The number of aromatic nitrogens is 3. The molecule has 0 radical (unpaired) electrons. The fraction of sp³-hybridized carbons (Fsp3) is 0.316. The molecule has 0 aliphatic carbocycles. The molecule has 3 heterocycles. The van der Waals surface area contributed by atoms with E-state index in [9.17, 15) is 8.42 Å². The summed E-state index contributed by atoms with van der Waals surface area (Å²) in [5, 5.41) is 10.1. The van der Waals surface area contributed by atoms with Crippen LogP contribution in [0.25, 0.3) is 5.00 Å². The smallest absolute Gasteiger partial charge is 0.271 e. The average Bonchev–Trinajstić information content (AvgIpc) is 3.18. The maximum Gasteiger partial charge on any atom is 0.335 e. The second-order valence-corrected chi connectivity index (χ2v) is 10.0. The number of halogens is 1. The summed E-state index contributed by atoms with van der Waals surface area (Å²) in [4.78, 5) is 6.08. The van der Waals surface area contributed by atoms with Crippen molar-refractivity contribution in [3.63, 3.8) is 0 Å². The Morgan fingerprint density at radius 3 is 2.57 bits per heavy atom. The van der Waals surface area contributed by atoms with E-state index in [-0.39, 0.29) is 6.61 Å². The molecule has 0 saturated carbocycles. The Bertz CT molecular complexity index is 1250. The summed E-state index contributed by atoms with van der Waals surface area (Å²) in [6.07, 6.45) is 0. The summed E-state index contributed by atoms with van der Waals surface area (Å²) < 4.78 is 32.9. The summed E-state index contributed by atoms with van der Waals surface area (Å²) in [6, 6.07) is 6.75. The van der Waals surface area contributed by atoms with Crippen molar-refractivity contribution in [2.24, 2.45) is 4.99 Å². The third-order valence-electron chi connectivity index (χ3n) is 4.99. The topological polar surface area (TPSA) is 98.5 Å². The number of aliphatic imine (C=N–C) groups is 1. The molecule has 0 bridgehead atoms. The molecule has 11 heteroatoms. The molecule has 3 aromatic rings. The Balaban J connectivity index is 1.94. The number of hydrogen-bond donors (Lipinski definition) is 1. The van der Waals surface area contributed by atoms with Gasteiger partial charge in [-0.3, -0.25) is 13.7 Å². The molecule has 0 unspecified atom stereocenters. The Hall–Kier alpha value is -2.11. The molecule has 8 nitrogen and oxygen atoms in total. The minimum atomic E-state index is -3.87. The van der Waals surface area contributed by atoms with Gasteiger partial charge in [-0.15, -0.1) is 21.5 Å². The normalized spacial score (nSPS) is 16.0. The van der Waals surface area contributed by atoms with E-state index in [4.69, 9.17) is 20.8 Å². The summed E-state index contributed by atoms with van der Waals surface area (Å²) >= 11 is 7.71. The Morgan fingerprint density at radius 1 is 1.20 bits per heavy atom. The van der Waals surface area contributed by atoms with Crippen molar-refractivity contribution in [1.82, 2.24) is 19.5 Å². The number of thiophene rings is 1. The first-order valence-corrected chi connectivity index (χ1v) is 11.8. The van der Waals surface area contributed by atoms with Crippen LogP contribution in [0.1, 0.15) is 39.3 Å². The van der Waals surface area contributed by atoms with Crippen LogP contribution in [0, 0.1) is 20.8 Å². The zero-order valence-corrected chi connectivity index (χ0v) is 19.2. The molecule has 1 atom stereocenters. The molecule has 2 aromatic heterocycles. The Labute approximate surface area is 183 Å². The molecule has 0 spiro atoms. The van der Waals surface area contributed by atoms with Crippen LogP contribution in [-0.2, 0) is 14.5 Å². The van der Waals surface area contributed by atoms with Crippen LogP contribution in [0.3, 0.4) is 0 Å². The van der Waals surface area contributed by atoms with E-state index in [1.54, 1.807) is 23.5 Å². The zero-order valence-electron chi connectivity index (χ0n) is 16.8. The van der Waals surface area contributed by atoms with Crippen LogP contribution < -0.4 is 4.72 Å². The molecular formula is C19H20ClN5O3S2. The largest absolute Gasteiger partial charge is 0.335 e. The van der Waals surface area contributed by atoms with Crippen LogP contribution in [0.5, 0.6) is 0 Å². The maximum atomic E-state index is 11.9. The molecule has 4 rings (SSSR count). The number of hydrogen-bond acceptors (Lipinski definition) is 7. The summed E-state index contributed by atoms with van der Waals surface area (Å²) in [5.74, 6) is 1.23. The highest BCUT2D eigenvalue weighted by molar-refractivity contribution is 7.84. The molecule has 1 aliphatic rings. The molecule has 1 N–H and O–H groups in total. The first kappa shape index (κ1) is 21.1. The van der Waals surface area contributed by atoms with E-state index in [0.717, 1.165) is 32.3 Å². The van der Waals surface area contributed by atoms with Gasteiger partial charge in [-0.1, -0.05) is 23.7 Å². The molecule has 0 saturated heterocycles. The average molecular weight is 466 g/mol. The van der Waals surface area contributed by atoms with E-state index in [1.165, 1.54) is 7.05 Å². The monoisotopic (exact) mass is 465 g/mol. The maximum absolute atomic E-state index is 11.9. The predicted octanol–water partition coefficient (Wildman–Crippen LogP) is 3.28. The quantitative estimate of drug-likeness (QED) is 0.623. The van der Waals surface area contributed by atoms with Crippen molar-refractivity contribution in [1.29, 1.82) is 0 Å². The molecule has 30 heavy (non-hydrogen) atoms. The number of rotatable bonds is 5. The zero-order chi connectivity index (χ0) is 21.6. The number of nitrogens with zero attached hydrogens (tertiary/aromatic N) is 4. The second kappa shape index (κ2) is 7.86. The lowest BCUT2D eigenvalue weighted by molar-refractivity contribution is 0.285. The molecular weight excluding hydrogens is 446 g/mol. The Kier molecular flexibility index (Phi) is 5.54. The number of benzene rings is 1. The first-order valence-electron chi connectivity index (χ1n) is 9.16. The third kappa shape index (κ3) is 3.69. The highest BCUT2D eigenvalue weighted by Crippen LogP contribution is 2.38.